The normalized spacial score (nSPS) is 17.7. The van der Waals surface area contributed by atoms with Gasteiger partial charge in [-0.25, -0.2) is 9.97 Å². The van der Waals surface area contributed by atoms with E-state index < -0.39 is 0 Å². The number of aromatic nitrogens is 4. The Kier molecular flexibility index (Phi) is 4.15. The zero-order valence-corrected chi connectivity index (χ0v) is 14.2. The molecule has 1 saturated heterocycles. The maximum Gasteiger partial charge on any atom is 0.244 e. The third-order valence-corrected chi connectivity index (χ3v) is 4.29. The van der Waals surface area contributed by atoms with Crippen LogP contribution in [0.5, 0.6) is 0 Å². The highest BCUT2D eigenvalue weighted by Gasteiger charge is 2.29. The van der Waals surface area contributed by atoms with Crippen LogP contribution in [-0.4, -0.2) is 43.6 Å². The largest absolute Gasteiger partial charge is 0.340 e. The van der Waals surface area contributed by atoms with Gasteiger partial charge in [0, 0.05) is 36.1 Å². The van der Waals surface area contributed by atoms with E-state index in [0.717, 1.165) is 41.6 Å². The highest BCUT2D eigenvalue weighted by Crippen LogP contribution is 2.25. The fourth-order valence-corrected chi connectivity index (χ4v) is 3.20. The zero-order valence-electron chi connectivity index (χ0n) is 14.2. The molecule has 6 heteroatoms. The predicted octanol–water partition coefficient (Wildman–Crippen LogP) is 1.92. The second kappa shape index (κ2) is 6.10. The van der Waals surface area contributed by atoms with Crippen LogP contribution >= 0.6 is 0 Å². The van der Waals surface area contributed by atoms with Crippen LogP contribution in [0.3, 0.4) is 0 Å². The van der Waals surface area contributed by atoms with Gasteiger partial charge >= 0.3 is 0 Å². The van der Waals surface area contributed by atoms with Gasteiger partial charge in [-0.2, -0.15) is 5.10 Å². The Morgan fingerprint density at radius 3 is 2.43 bits per heavy atom. The maximum atomic E-state index is 12.5. The first-order chi connectivity index (χ1) is 10.9. The zero-order chi connectivity index (χ0) is 16.6. The molecule has 1 aliphatic heterocycles. The SMILES string of the molecule is Cc1cc(C)nc([C@H]2CCN(C(=O)Cn3nc(C)cc3C)C2)n1. The number of amides is 1. The minimum Gasteiger partial charge on any atom is -0.340 e. The van der Waals surface area contributed by atoms with Crippen molar-refractivity contribution in [2.24, 2.45) is 0 Å². The summed E-state index contributed by atoms with van der Waals surface area (Å²) in [5.41, 5.74) is 3.93. The molecular formula is C17H23N5O. The Morgan fingerprint density at radius 2 is 1.83 bits per heavy atom. The smallest absolute Gasteiger partial charge is 0.244 e. The van der Waals surface area contributed by atoms with E-state index in [2.05, 4.69) is 15.1 Å². The van der Waals surface area contributed by atoms with Crippen molar-refractivity contribution in [2.75, 3.05) is 13.1 Å². The van der Waals surface area contributed by atoms with Crippen LogP contribution in [0, 0.1) is 27.7 Å². The second-order valence-electron chi connectivity index (χ2n) is 6.42. The highest BCUT2D eigenvalue weighted by atomic mass is 16.2. The molecule has 23 heavy (non-hydrogen) atoms. The van der Waals surface area contributed by atoms with Gasteiger partial charge in [-0.1, -0.05) is 0 Å². The van der Waals surface area contributed by atoms with E-state index in [4.69, 9.17) is 0 Å². The van der Waals surface area contributed by atoms with Crippen LogP contribution in [-0.2, 0) is 11.3 Å². The van der Waals surface area contributed by atoms with Gasteiger partial charge in [-0.15, -0.1) is 0 Å². The van der Waals surface area contributed by atoms with E-state index in [0.29, 0.717) is 13.1 Å². The topological polar surface area (TPSA) is 63.9 Å². The molecule has 1 atom stereocenters. The van der Waals surface area contributed by atoms with Crippen LogP contribution in [0.1, 0.15) is 40.9 Å². The Labute approximate surface area is 136 Å². The number of likely N-dealkylation sites (tertiary alicyclic amines) is 1. The Balaban J connectivity index is 1.67. The van der Waals surface area contributed by atoms with E-state index in [1.54, 1.807) is 4.68 Å². The molecule has 3 rings (SSSR count). The van der Waals surface area contributed by atoms with Gasteiger partial charge in [0.15, 0.2) is 0 Å². The van der Waals surface area contributed by atoms with Crippen LogP contribution < -0.4 is 0 Å². The Hall–Kier alpha value is -2.24. The van der Waals surface area contributed by atoms with E-state index in [1.807, 2.05) is 44.7 Å². The van der Waals surface area contributed by atoms with Crippen LogP contribution in [0.2, 0.25) is 0 Å². The summed E-state index contributed by atoms with van der Waals surface area (Å²) >= 11 is 0. The first-order valence-corrected chi connectivity index (χ1v) is 8.03. The molecule has 1 aliphatic rings. The number of aryl methyl sites for hydroxylation is 4. The molecule has 1 amide bonds. The number of carbonyl (C=O) groups excluding carboxylic acids is 1. The molecule has 6 nitrogen and oxygen atoms in total. The van der Waals surface area contributed by atoms with Crippen molar-refractivity contribution in [3.05, 3.63) is 40.7 Å². The summed E-state index contributed by atoms with van der Waals surface area (Å²) in [4.78, 5) is 23.5. The summed E-state index contributed by atoms with van der Waals surface area (Å²) in [6, 6.07) is 3.97. The van der Waals surface area contributed by atoms with Gasteiger partial charge in [0.05, 0.1) is 5.69 Å². The van der Waals surface area contributed by atoms with Crippen molar-refractivity contribution >= 4 is 5.91 Å². The first kappa shape index (κ1) is 15.6. The lowest BCUT2D eigenvalue weighted by molar-refractivity contribution is -0.131. The fraction of sp³-hybridized carbons (Fsp3) is 0.529. The molecule has 2 aromatic heterocycles. The van der Waals surface area contributed by atoms with Gasteiger partial charge in [0.2, 0.25) is 5.91 Å². The maximum absolute atomic E-state index is 12.5. The van der Waals surface area contributed by atoms with Crippen molar-refractivity contribution in [1.29, 1.82) is 0 Å². The third kappa shape index (κ3) is 3.41. The molecule has 0 aromatic carbocycles. The minimum atomic E-state index is 0.114. The monoisotopic (exact) mass is 313 g/mol. The predicted molar refractivity (Wildman–Crippen MR) is 87.1 cm³/mol. The second-order valence-corrected chi connectivity index (χ2v) is 6.42. The molecule has 2 aromatic rings. The van der Waals surface area contributed by atoms with Crippen molar-refractivity contribution in [1.82, 2.24) is 24.6 Å². The van der Waals surface area contributed by atoms with Crippen molar-refractivity contribution < 1.29 is 4.79 Å². The molecule has 1 fully saturated rings. The third-order valence-electron chi connectivity index (χ3n) is 4.29. The van der Waals surface area contributed by atoms with Crippen LogP contribution in [0.15, 0.2) is 12.1 Å². The number of rotatable bonds is 3. The lowest BCUT2D eigenvalue weighted by Gasteiger charge is -2.17. The number of nitrogens with zero attached hydrogens (tertiary/aromatic N) is 5. The molecule has 122 valence electrons. The average Bonchev–Trinajstić information content (AvgIpc) is 3.05. The van der Waals surface area contributed by atoms with Gasteiger partial charge in [0.1, 0.15) is 12.4 Å². The van der Waals surface area contributed by atoms with E-state index in [1.165, 1.54) is 0 Å². The average molecular weight is 313 g/mol. The molecule has 0 saturated carbocycles. The first-order valence-electron chi connectivity index (χ1n) is 8.03. The molecule has 0 N–H and O–H groups in total. The molecule has 0 aliphatic carbocycles. The van der Waals surface area contributed by atoms with E-state index in [9.17, 15) is 4.79 Å². The minimum absolute atomic E-state index is 0.114. The van der Waals surface area contributed by atoms with E-state index >= 15 is 0 Å². The Morgan fingerprint density at radius 1 is 1.13 bits per heavy atom. The van der Waals surface area contributed by atoms with Gasteiger partial charge in [-0.05, 0) is 46.2 Å². The van der Waals surface area contributed by atoms with Crippen LogP contribution in [0.4, 0.5) is 0 Å². The Bertz CT molecular complexity index is 716. The van der Waals surface area contributed by atoms with Crippen molar-refractivity contribution in [3.8, 4) is 0 Å². The van der Waals surface area contributed by atoms with E-state index in [-0.39, 0.29) is 11.8 Å². The number of hydrogen-bond donors (Lipinski definition) is 0. The number of hydrogen-bond acceptors (Lipinski definition) is 4. The molecule has 0 spiro atoms. The summed E-state index contributed by atoms with van der Waals surface area (Å²) in [6.07, 6.45) is 0.922. The molecule has 0 bridgehead atoms. The summed E-state index contributed by atoms with van der Waals surface area (Å²) in [6.45, 7) is 9.65. The standard InChI is InChI=1S/C17H23N5O/c1-11-7-12(2)19-17(18-11)15-5-6-21(9-15)16(23)10-22-14(4)8-13(3)20-22/h7-8,15H,5-6,9-10H2,1-4H3/t15-/m0/s1. The molecule has 0 unspecified atom stereocenters. The molecule has 3 heterocycles. The molecule has 0 radical (unpaired) electrons. The summed E-state index contributed by atoms with van der Waals surface area (Å²) in [7, 11) is 0. The summed E-state index contributed by atoms with van der Waals surface area (Å²) < 4.78 is 1.78. The fourth-order valence-electron chi connectivity index (χ4n) is 3.20. The van der Waals surface area contributed by atoms with Crippen molar-refractivity contribution in [2.45, 2.75) is 46.6 Å². The van der Waals surface area contributed by atoms with Gasteiger partial charge in [-0.3, -0.25) is 9.48 Å². The summed E-state index contributed by atoms with van der Waals surface area (Å²) in [5.74, 6) is 1.21. The lowest BCUT2D eigenvalue weighted by Crippen LogP contribution is -2.32. The van der Waals surface area contributed by atoms with Crippen molar-refractivity contribution in [3.63, 3.8) is 0 Å². The van der Waals surface area contributed by atoms with Gasteiger partial charge < -0.3 is 4.90 Å². The van der Waals surface area contributed by atoms with Gasteiger partial charge in [0.25, 0.3) is 0 Å². The van der Waals surface area contributed by atoms with Crippen LogP contribution in [0.25, 0.3) is 0 Å². The number of carbonyl (C=O) groups is 1. The highest BCUT2D eigenvalue weighted by molar-refractivity contribution is 5.76. The quantitative estimate of drug-likeness (QED) is 0.868. The lowest BCUT2D eigenvalue weighted by atomic mass is 10.1. The molecular weight excluding hydrogens is 290 g/mol. The summed E-state index contributed by atoms with van der Waals surface area (Å²) in [5, 5.41) is 4.37.